The number of hydrogen-bond acceptors (Lipinski definition) is 9. The molecule has 4 aliphatic rings. The highest BCUT2D eigenvalue weighted by Gasteiger charge is 2.38. The van der Waals surface area contributed by atoms with Crippen molar-refractivity contribution in [2.45, 2.75) is 88.7 Å². The number of thiophene rings is 1. The Labute approximate surface area is 346 Å². The SMILES string of the molecule is COC(=O)N[C@H](C(=O)N1CCC[C@H]1c1ncc(-c2ccc3c(c2)cc2n3C(c3ccc(C4CC4)s3)Oc3cc(C=CC(N)[C@@H]4CCCN4CC=O)cc(F)c3-2)[nH]1)C(C)C. The van der Waals surface area contributed by atoms with Crippen molar-refractivity contribution in [2.24, 2.45) is 11.7 Å². The highest BCUT2D eigenvalue weighted by atomic mass is 32.1. The number of ether oxygens (including phenoxy) is 2. The van der Waals surface area contributed by atoms with Crippen LogP contribution in [0.15, 0.2) is 60.8 Å². The van der Waals surface area contributed by atoms with E-state index in [2.05, 4.69) is 44.0 Å². The standard InChI is InChI=1S/C45H50FN7O5S/c1-25(2)41(50-45(56)57-3)43(55)52-17-5-7-35(52)42-48-24-32(49-42)28-11-13-33-29(22-28)23-36-40-30(46)20-26(8-12-31(47)34-6-4-16-51(34)18-19-54)21-37(40)58-44(53(33)36)39-15-14-38(59-39)27-9-10-27/h8,11-15,19-25,27,31,34-35,41,44H,4-7,9-10,16-18,47H2,1-3H3,(H,48,49)(H,50,56)/t31?,34-,35-,41-,44?/m0/s1. The van der Waals surface area contributed by atoms with E-state index in [-0.39, 0.29) is 35.8 Å². The van der Waals surface area contributed by atoms with Crippen LogP contribution in [0.5, 0.6) is 5.75 Å². The van der Waals surface area contributed by atoms with E-state index in [0.29, 0.717) is 41.7 Å². The molecule has 2 saturated heterocycles. The van der Waals surface area contributed by atoms with E-state index >= 15 is 4.39 Å². The molecule has 2 unspecified atom stereocenters. The van der Waals surface area contributed by atoms with Gasteiger partial charge in [0.25, 0.3) is 0 Å². The molecular formula is C45H50FN7O5S. The second-order valence-electron chi connectivity index (χ2n) is 16.6. The fourth-order valence-corrected chi connectivity index (χ4v) is 10.3. The highest BCUT2D eigenvalue weighted by molar-refractivity contribution is 7.12. The lowest BCUT2D eigenvalue weighted by molar-refractivity contribution is -0.135. The molecule has 4 N–H and O–H groups in total. The van der Waals surface area contributed by atoms with Crippen LogP contribution in [0.1, 0.15) is 91.7 Å². The predicted octanol–water partition coefficient (Wildman–Crippen LogP) is 7.76. The van der Waals surface area contributed by atoms with Crippen molar-refractivity contribution in [3.8, 4) is 28.3 Å². The zero-order valence-corrected chi connectivity index (χ0v) is 34.3. The molecule has 14 heteroatoms. The maximum Gasteiger partial charge on any atom is 0.407 e. The summed E-state index contributed by atoms with van der Waals surface area (Å²) in [6, 6.07) is 14.8. The van der Waals surface area contributed by atoms with Crippen LogP contribution in [-0.4, -0.2) is 87.5 Å². The van der Waals surface area contributed by atoms with Crippen LogP contribution in [-0.2, 0) is 14.3 Å². The van der Waals surface area contributed by atoms with E-state index in [1.165, 1.54) is 30.9 Å². The smallest absolute Gasteiger partial charge is 0.407 e. The number of H-pyrrole nitrogens is 1. The van der Waals surface area contributed by atoms with Gasteiger partial charge in [0.2, 0.25) is 12.1 Å². The number of carbonyl (C=O) groups is 3. The lowest BCUT2D eigenvalue weighted by atomic mass is 10.0. The summed E-state index contributed by atoms with van der Waals surface area (Å²) in [7, 11) is 1.29. The van der Waals surface area contributed by atoms with Gasteiger partial charge >= 0.3 is 6.09 Å². The van der Waals surface area contributed by atoms with Crippen molar-refractivity contribution in [3.63, 3.8) is 0 Å². The van der Waals surface area contributed by atoms with Gasteiger partial charge in [-0.05, 0) is 105 Å². The molecule has 1 aliphatic carbocycles. The van der Waals surface area contributed by atoms with Crippen molar-refractivity contribution in [1.29, 1.82) is 0 Å². The predicted molar refractivity (Wildman–Crippen MR) is 225 cm³/mol. The van der Waals surface area contributed by atoms with Crippen molar-refractivity contribution in [1.82, 2.24) is 29.7 Å². The first-order valence-corrected chi connectivity index (χ1v) is 21.5. The molecular weight excluding hydrogens is 770 g/mol. The number of alkyl carbamates (subject to hydrolysis) is 1. The number of methoxy groups -OCH3 is 1. The van der Waals surface area contributed by atoms with Crippen LogP contribution in [0, 0.1) is 11.7 Å². The Kier molecular flexibility index (Phi) is 10.6. The van der Waals surface area contributed by atoms with Crippen LogP contribution in [0.25, 0.3) is 39.5 Å². The summed E-state index contributed by atoms with van der Waals surface area (Å²) in [5.74, 6) is 1.07. The highest BCUT2D eigenvalue weighted by Crippen LogP contribution is 2.50. The molecule has 0 radical (unpaired) electrons. The molecule has 0 spiro atoms. The molecule has 2 aromatic carbocycles. The minimum atomic E-state index is -0.720. The number of aromatic amines is 1. The monoisotopic (exact) mass is 819 g/mol. The Morgan fingerprint density at radius 3 is 2.68 bits per heavy atom. The summed E-state index contributed by atoms with van der Waals surface area (Å²) in [4.78, 5) is 51.6. The lowest BCUT2D eigenvalue weighted by Gasteiger charge is -2.30. The molecule has 59 heavy (non-hydrogen) atoms. The molecule has 6 heterocycles. The normalized spacial score (nSPS) is 21.5. The fraction of sp³-hybridized carbons (Fsp3) is 0.422. The van der Waals surface area contributed by atoms with Crippen LogP contribution in [0.4, 0.5) is 9.18 Å². The summed E-state index contributed by atoms with van der Waals surface area (Å²) >= 11 is 1.76. The van der Waals surface area contributed by atoms with E-state index in [1.54, 1.807) is 22.4 Å². The van der Waals surface area contributed by atoms with Crippen LogP contribution in [0.3, 0.4) is 0 Å². The first-order valence-electron chi connectivity index (χ1n) is 20.7. The summed E-state index contributed by atoms with van der Waals surface area (Å²) in [5.41, 5.74) is 11.0. The lowest BCUT2D eigenvalue weighted by Crippen LogP contribution is -2.51. The number of nitrogens with two attached hydrogens (primary N) is 1. The van der Waals surface area contributed by atoms with Gasteiger partial charge in [-0.25, -0.2) is 14.2 Å². The van der Waals surface area contributed by atoms with Gasteiger partial charge in [-0.3, -0.25) is 14.3 Å². The number of rotatable bonds is 12. The summed E-state index contributed by atoms with van der Waals surface area (Å²) in [5, 5.41) is 3.63. The van der Waals surface area contributed by atoms with Crippen LogP contribution in [0.2, 0.25) is 0 Å². The topological polar surface area (TPSA) is 148 Å². The number of amides is 2. The third-order valence-electron chi connectivity index (χ3n) is 12.3. The van der Waals surface area contributed by atoms with Crippen LogP contribution >= 0.6 is 11.3 Å². The number of imidazole rings is 1. The first-order chi connectivity index (χ1) is 28.6. The van der Waals surface area contributed by atoms with Gasteiger partial charge in [0.05, 0.1) is 53.2 Å². The Balaban J connectivity index is 1.04. The maximum atomic E-state index is 16.5. The Bertz CT molecular complexity index is 2430. The van der Waals surface area contributed by atoms with Gasteiger partial charge in [0, 0.05) is 34.5 Å². The second-order valence-corrected chi connectivity index (χ2v) is 17.7. The molecule has 2 amide bonds. The molecule has 3 aliphatic heterocycles. The number of nitrogens with one attached hydrogen (secondary N) is 2. The van der Waals surface area contributed by atoms with E-state index in [4.69, 9.17) is 20.2 Å². The number of nitrogens with zero attached hydrogens (tertiary/aromatic N) is 4. The van der Waals surface area contributed by atoms with E-state index in [1.807, 2.05) is 44.2 Å². The van der Waals surface area contributed by atoms with Crippen molar-refractivity contribution in [3.05, 3.63) is 87.8 Å². The summed E-state index contributed by atoms with van der Waals surface area (Å²) < 4.78 is 30.2. The molecule has 3 fully saturated rings. The number of hydrogen-bond donors (Lipinski definition) is 3. The van der Waals surface area contributed by atoms with Crippen molar-refractivity contribution >= 4 is 46.6 Å². The number of benzene rings is 2. The average Bonchev–Trinajstić information content (AvgIpc) is 3.80. The zero-order valence-electron chi connectivity index (χ0n) is 33.5. The minimum absolute atomic E-state index is 0.0638. The van der Waals surface area contributed by atoms with Crippen molar-refractivity contribution in [2.75, 3.05) is 26.7 Å². The molecule has 9 rings (SSSR count). The Morgan fingerprint density at radius 1 is 1.08 bits per heavy atom. The molecule has 5 atom stereocenters. The van der Waals surface area contributed by atoms with Gasteiger partial charge in [0.1, 0.15) is 29.7 Å². The number of carbonyl (C=O) groups excluding carboxylic acids is 3. The maximum absolute atomic E-state index is 16.5. The molecule has 12 nitrogen and oxygen atoms in total. The molecule has 5 aromatic rings. The Morgan fingerprint density at radius 2 is 1.90 bits per heavy atom. The van der Waals surface area contributed by atoms with E-state index < -0.39 is 18.4 Å². The quantitative estimate of drug-likeness (QED) is 0.108. The fourth-order valence-electron chi connectivity index (χ4n) is 9.14. The second kappa shape index (κ2) is 16.0. The average molecular weight is 820 g/mol. The number of halogens is 1. The molecule has 3 aromatic heterocycles. The van der Waals surface area contributed by atoms with Gasteiger partial charge in [-0.15, -0.1) is 11.3 Å². The Hall–Kier alpha value is -5.31. The number of aldehydes is 1. The molecule has 1 saturated carbocycles. The van der Waals surface area contributed by atoms with Gasteiger partial charge < -0.3 is 35.2 Å². The number of likely N-dealkylation sites (tertiary alicyclic amines) is 2. The first kappa shape index (κ1) is 39.2. The van der Waals surface area contributed by atoms with E-state index in [0.717, 1.165) is 71.2 Å². The molecule has 0 bridgehead atoms. The third-order valence-corrected chi connectivity index (χ3v) is 13.6. The summed E-state index contributed by atoms with van der Waals surface area (Å²) in [6.07, 6.45) is 11.2. The number of fused-ring (bicyclic) bond motifs is 5. The largest absolute Gasteiger partial charge is 0.464 e. The summed E-state index contributed by atoms with van der Waals surface area (Å²) in [6.45, 7) is 5.56. The van der Waals surface area contributed by atoms with Gasteiger partial charge in [-0.1, -0.05) is 32.1 Å². The third kappa shape index (κ3) is 7.46. The minimum Gasteiger partial charge on any atom is -0.464 e. The number of aromatic nitrogens is 3. The zero-order chi connectivity index (χ0) is 40.9. The van der Waals surface area contributed by atoms with Gasteiger partial charge in [0.15, 0.2) is 0 Å². The van der Waals surface area contributed by atoms with Gasteiger partial charge in [-0.2, -0.15) is 0 Å². The molecule has 308 valence electrons. The van der Waals surface area contributed by atoms with Crippen LogP contribution < -0.4 is 15.8 Å². The van der Waals surface area contributed by atoms with Crippen molar-refractivity contribution < 1.29 is 28.2 Å². The van der Waals surface area contributed by atoms with E-state index in [9.17, 15) is 14.4 Å².